The summed E-state index contributed by atoms with van der Waals surface area (Å²) >= 11 is 0. The zero-order chi connectivity index (χ0) is 19.5. The standard InChI is InChI=1S/C22H23N3O3/c1-2-28-22(27)19-13-15-12-16(8-9-18(15)25-19)24-21(26)20-17(10-11-23-20)14-6-4-3-5-7-14/h3-9,12-13,17,20,23,25H,2,10-11H2,1H3,(H,24,26)/t17-,20?/m0/s1. The number of aromatic amines is 1. The van der Waals surface area contributed by atoms with Crippen LogP contribution in [0.15, 0.2) is 54.6 Å². The van der Waals surface area contributed by atoms with E-state index < -0.39 is 0 Å². The van der Waals surface area contributed by atoms with Crippen molar-refractivity contribution in [1.82, 2.24) is 10.3 Å². The van der Waals surface area contributed by atoms with Crippen molar-refractivity contribution in [1.29, 1.82) is 0 Å². The maximum atomic E-state index is 12.9. The van der Waals surface area contributed by atoms with Gasteiger partial charge in [-0.25, -0.2) is 4.79 Å². The molecule has 0 aliphatic carbocycles. The lowest BCUT2D eigenvalue weighted by Crippen LogP contribution is -2.39. The fourth-order valence-corrected chi connectivity index (χ4v) is 3.79. The van der Waals surface area contributed by atoms with Crippen LogP contribution in [0.25, 0.3) is 10.9 Å². The van der Waals surface area contributed by atoms with Crippen LogP contribution in [0.3, 0.4) is 0 Å². The van der Waals surface area contributed by atoms with Crippen LogP contribution in [0, 0.1) is 0 Å². The van der Waals surface area contributed by atoms with Crippen LogP contribution < -0.4 is 10.6 Å². The Kier molecular flexibility index (Phi) is 5.12. The fraction of sp³-hybridized carbons (Fsp3) is 0.273. The first-order chi connectivity index (χ1) is 13.7. The Hall–Kier alpha value is -3.12. The summed E-state index contributed by atoms with van der Waals surface area (Å²) in [5, 5.41) is 7.17. The smallest absolute Gasteiger partial charge is 0.354 e. The molecule has 2 atom stereocenters. The average molecular weight is 377 g/mol. The SMILES string of the molecule is CCOC(=O)c1cc2cc(NC(=O)C3NCC[C@H]3c3ccccc3)ccc2[nH]1. The predicted octanol–water partition coefficient (Wildman–Crippen LogP) is 3.43. The molecule has 1 aliphatic rings. The molecule has 3 aromatic rings. The van der Waals surface area contributed by atoms with E-state index in [4.69, 9.17) is 4.74 Å². The third-order valence-electron chi connectivity index (χ3n) is 5.12. The van der Waals surface area contributed by atoms with Gasteiger partial charge >= 0.3 is 5.97 Å². The second-order valence-corrected chi connectivity index (χ2v) is 6.93. The Morgan fingerprint density at radius 2 is 1.96 bits per heavy atom. The number of nitrogens with one attached hydrogen (secondary N) is 3. The Labute approximate surface area is 163 Å². The molecule has 2 aromatic carbocycles. The largest absolute Gasteiger partial charge is 0.461 e. The summed E-state index contributed by atoms with van der Waals surface area (Å²) in [6.45, 7) is 2.91. The maximum Gasteiger partial charge on any atom is 0.354 e. The Morgan fingerprint density at radius 3 is 2.75 bits per heavy atom. The molecule has 28 heavy (non-hydrogen) atoms. The number of esters is 1. The third kappa shape index (κ3) is 3.64. The molecule has 0 saturated carbocycles. The highest BCUT2D eigenvalue weighted by molar-refractivity contribution is 5.99. The number of benzene rings is 2. The Bertz CT molecular complexity index is 997. The van der Waals surface area contributed by atoms with Crippen LogP contribution in [0.5, 0.6) is 0 Å². The number of H-pyrrole nitrogens is 1. The fourth-order valence-electron chi connectivity index (χ4n) is 3.79. The molecule has 1 saturated heterocycles. The van der Waals surface area contributed by atoms with Gasteiger partial charge in [-0.1, -0.05) is 30.3 Å². The molecular formula is C22H23N3O3. The van der Waals surface area contributed by atoms with E-state index in [9.17, 15) is 9.59 Å². The minimum Gasteiger partial charge on any atom is -0.461 e. The van der Waals surface area contributed by atoms with Gasteiger partial charge in [0.15, 0.2) is 0 Å². The molecule has 6 nitrogen and oxygen atoms in total. The molecule has 1 amide bonds. The lowest BCUT2D eigenvalue weighted by Gasteiger charge is -2.19. The summed E-state index contributed by atoms with van der Waals surface area (Å²) in [7, 11) is 0. The van der Waals surface area contributed by atoms with E-state index in [1.165, 1.54) is 5.56 Å². The van der Waals surface area contributed by atoms with Gasteiger partial charge in [0.2, 0.25) is 5.91 Å². The zero-order valence-corrected chi connectivity index (χ0v) is 15.7. The van der Waals surface area contributed by atoms with Crippen LogP contribution in [-0.4, -0.2) is 36.1 Å². The normalized spacial score (nSPS) is 18.9. The van der Waals surface area contributed by atoms with Crippen molar-refractivity contribution in [2.45, 2.75) is 25.3 Å². The van der Waals surface area contributed by atoms with Crippen molar-refractivity contribution in [3.63, 3.8) is 0 Å². The van der Waals surface area contributed by atoms with Gasteiger partial charge in [-0.2, -0.15) is 0 Å². The molecule has 3 N–H and O–H groups in total. The molecule has 0 spiro atoms. The molecule has 0 radical (unpaired) electrons. The lowest BCUT2D eigenvalue weighted by molar-refractivity contribution is -0.118. The van der Waals surface area contributed by atoms with Gasteiger partial charge in [0, 0.05) is 22.5 Å². The van der Waals surface area contributed by atoms with Crippen LogP contribution in [0.2, 0.25) is 0 Å². The molecule has 1 aliphatic heterocycles. The molecule has 1 aromatic heterocycles. The van der Waals surface area contributed by atoms with Gasteiger partial charge in [0.25, 0.3) is 0 Å². The summed E-state index contributed by atoms with van der Waals surface area (Å²) in [6, 6.07) is 17.1. The van der Waals surface area contributed by atoms with Crippen molar-refractivity contribution < 1.29 is 14.3 Å². The molecule has 1 fully saturated rings. The van der Waals surface area contributed by atoms with Crippen molar-refractivity contribution in [3.05, 3.63) is 65.9 Å². The second-order valence-electron chi connectivity index (χ2n) is 6.93. The van der Waals surface area contributed by atoms with Gasteiger partial charge in [-0.3, -0.25) is 4.79 Å². The number of carbonyl (C=O) groups is 2. The molecule has 1 unspecified atom stereocenters. The van der Waals surface area contributed by atoms with E-state index in [0.717, 1.165) is 23.9 Å². The number of carbonyl (C=O) groups excluding carboxylic acids is 2. The van der Waals surface area contributed by atoms with Crippen molar-refractivity contribution in [2.75, 3.05) is 18.5 Å². The van der Waals surface area contributed by atoms with Gasteiger partial charge < -0.3 is 20.4 Å². The summed E-state index contributed by atoms with van der Waals surface area (Å²) in [5.74, 6) is -0.274. The topological polar surface area (TPSA) is 83.2 Å². The first-order valence-electron chi connectivity index (χ1n) is 9.55. The number of anilines is 1. The van der Waals surface area contributed by atoms with Crippen LogP contribution in [-0.2, 0) is 9.53 Å². The highest BCUT2D eigenvalue weighted by atomic mass is 16.5. The molecule has 2 heterocycles. The first kappa shape index (κ1) is 18.3. The molecule has 4 rings (SSSR count). The lowest BCUT2D eigenvalue weighted by atomic mass is 9.91. The summed E-state index contributed by atoms with van der Waals surface area (Å²) in [4.78, 5) is 27.8. The summed E-state index contributed by atoms with van der Waals surface area (Å²) in [6.07, 6.45) is 0.932. The van der Waals surface area contributed by atoms with E-state index in [2.05, 4.69) is 27.8 Å². The predicted molar refractivity (Wildman–Crippen MR) is 108 cm³/mol. The minimum atomic E-state index is -0.384. The molecular weight excluding hydrogens is 354 g/mol. The van der Waals surface area contributed by atoms with E-state index in [-0.39, 0.29) is 23.8 Å². The highest BCUT2D eigenvalue weighted by Crippen LogP contribution is 2.29. The van der Waals surface area contributed by atoms with Crippen molar-refractivity contribution in [2.24, 2.45) is 0 Å². The van der Waals surface area contributed by atoms with Gasteiger partial charge in [-0.15, -0.1) is 0 Å². The van der Waals surface area contributed by atoms with Gasteiger partial charge in [0.05, 0.1) is 12.6 Å². The third-order valence-corrected chi connectivity index (χ3v) is 5.12. The van der Waals surface area contributed by atoms with E-state index in [0.29, 0.717) is 18.0 Å². The van der Waals surface area contributed by atoms with Crippen LogP contribution in [0.1, 0.15) is 35.3 Å². The Morgan fingerprint density at radius 1 is 1.14 bits per heavy atom. The molecule has 6 heteroatoms. The molecule has 144 valence electrons. The van der Waals surface area contributed by atoms with E-state index in [1.807, 2.05) is 36.4 Å². The number of aromatic nitrogens is 1. The van der Waals surface area contributed by atoms with Crippen molar-refractivity contribution in [3.8, 4) is 0 Å². The number of hydrogen-bond acceptors (Lipinski definition) is 4. The summed E-state index contributed by atoms with van der Waals surface area (Å²) < 4.78 is 5.03. The quantitative estimate of drug-likeness (QED) is 0.595. The average Bonchev–Trinajstić information content (AvgIpc) is 3.36. The number of hydrogen-bond donors (Lipinski definition) is 3. The number of ether oxygens (including phenoxy) is 1. The minimum absolute atomic E-state index is 0.0492. The van der Waals surface area contributed by atoms with Gasteiger partial charge in [-0.05, 0) is 49.7 Å². The van der Waals surface area contributed by atoms with Crippen molar-refractivity contribution >= 4 is 28.5 Å². The number of fused-ring (bicyclic) bond motifs is 1. The van der Waals surface area contributed by atoms with Crippen LogP contribution >= 0.6 is 0 Å². The molecule has 0 bridgehead atoms. The zero-order valence-electron chi connectivity index (χ0n) is 15.7. The summed E-state index contributed by atoms with van der Waals surface area (Å²) in [5.41, 5.74) is 3.10. The highest BCUT2D eigenvalue weighted by Gasteiger charge is 2.33. The monoisotopic (exact) mass is 377 g/mol. The van der Waals surface area contributed by atoms with Crippen LogP contribution in [0.4, 0.5) is 5.69 Å². The Balaban J connectivity index is 1.51. The first-order valence-corrected chi connectivity index (χ1v) is 9.55. The van der Waals surface area contributed by atoms with E-state index >= 15 is 0 Å². The number of rotatable bonds is 5. The maximum absolute atomic E-state index is 12.9. The number of amides is 1. The van der Waals surface area contributed by atoms with Gasteiger partial charge in [0.1, 0.15) is 5.69 Å². The second kappa shape index (κ2) is 7.86. The van der Waals surface area contributed by atoms with E-state index in [1.54, 1.807) is 13.0 Å².